The van der Waals surface area contributed by atoms with E-state index >= 15 is 0 Å². The van der Waals surface area contributed by atoms with Gasteiger partial charge in [0.25, 0.3) is 11.9 Å². The predicted octanol–water partition coefficient (Wildman–Crippen LogP) is 2.89. The van der Waals surface area contributed by atoms with E-state index in [0.717, 1.165) is 50.5 Å². The Morgan fingerprint density at radius 3 is 2.30 bits per heavy atom. The zero-order chi connectivity index (χ0) is 21.9. The molecule has 2 fully saturated rings. The van der Waals surface area contributed by atoms with Crippen molar-refractivity contribution < 1.29 is 24.7 Å². The molecule has 1 saturated carbocycles. The second-order valence-electron chi connectivity index (χ2n) is 7.70. The number of nitrogens with one attached hydrogen (secondary N) is 2. The van der Waals surface area contributed by atoms with E-state index in [1.54, 1.807) is 11.6 Å². The average molecular weight is 418 g/mol. The van der Waals surface area contributed by atoms with Crippen LogP contribution >= 0.6 is 0 Å². The Labute approximate surface area is 176 Å². The van der Waals surface area contributed by atoms with Gasteiger partial charge in [0.15, 0.2) is 0 Å². The minimum Gasteiger partial charge on any atom is -0.481 e. The number of anilines is 1. The number of hydrogen-bond acceptors (Lipinski definition) is 5. The smallest absolute Gasteiger partial charge is 0.300 e. The Morgan fingerprint density at radius 2 is 1.70 bits per heavy atom. The van der Waals surface area contributed by atoms with E-state index < -0.39 is 11.9 Å². The number of carbonyl (C=O) groups is 3. The maximum absolute atomic E-state index is 12.6. The predicted molar refractivity (Wildman–Crippen MR) is 114 cm³/mol. The van der Waals surface area contributed by atoms with Crippen LogP contribution in [0.5, 0.6) is 0 Å². The number of nitrogens with zero attached hydrogens (tertiary/aromatic N) is 1. The van der Waals surface area contributed by atoms with Crippen molar-refractivity contribution in [3.8, 4) is 0 Å². The van der Waals surface area contributed by atoms with Gasteiger partial charge in [0.2, 0.25) is 5.91 Å². The molecular formula is C22H31N3O5. The molecule has 1 aromatic rings. The van der Waals surface area contributed by atoms with Crippen LogP contribution in [0.1, 0.15) is 51.0 Å². The first-order valence-electron chi connectivity index (χ1n) is 10.4. The number of rotatable bonds is 5. The Balaban J connectivity index is 0.000000735. The third-order valence-electron chi connectivity index (χ3n) is 5.27. The Morgan fingerprint density at radius 1 is 1.07 bits per heavy atom. The van der Waals surface area contributed by atoms with E-state index in [9.17, 15) is 9.59 Å². The number of amides is 2. The third-order valence-corrected chi connectivity index (χ3v) is 5.27. The van der Waals surface area contributed by atoms with Crippen LogP contribution in [-0.2, 0) is 14.4 Å². The molecule has 0 radical (unpaired) electrons. The van der Waals surface area contributed by atoms with Gasteiger partial charge >= 0.3 is 0 Å². The lowest BCUT2D eigenvalue weighted by molar-refractivity contribution is -0.136. The molecule has 0 unspecified atom stereocenters. The summed E-state index contributed by atoms with van der Waals surface area (Å²) in [5.74, 6) is -0.804. The lowest BCUT2D eigenvalue weighted by Gasteiger charge is -2.26. The molecule has 0 aromatic heterocycles. The van der Waals surface area contributed by atoms with Gasteiger partial charge in [-0.1, -0.05) is 31.4 Å². The summed E-state index contributed by atoms with van der Waals surface area (Å²) in [6.07, 6.45) is 9.62. The molecule has 164 valence electrons. The highest BCUT2D eigenvalue weighted by Crippen LogP contribution is 2.27. The molecule has 3 rings (SSSR count). The molecule has 1 aliphatic heterocycles. The Kier molecular flexibility index (Phi) is 9.34. The van der Waals surface area contributed by atoms with E-state index in [1.165, 1.54) is 25.3 Å². The van der Waals surface area contributed by atoms with E-state index in [2.05, 4.69) is 5.32 Å². The fourth-order valence-corrected chi connectivity index (χ4v) is 3.82. The molecule has 1 aromatic carbocycles. The molecule has 1 atom stereocenters. The van der Waals surface area contributed by atoms with Crippen molar-refractivity contribution in [2.24, 2.45) is 5.92 Å². The molecule has 1 saturated heterocycles. The number of hydrogen-bond donors (Lipinski definition) is 4. The molecule has 1 heterocycles. The zero-order valence-corrected chi connectivity index (χ0v) is 17.3. The minimum absolute atomic E-state index is 0.240. The maximum Gasteiger partial charge on any atom is 0.300 e. The van der Waals surface area contributed by atoms with Crippen LogP contribution in [0.25, 0.3) is 6.08 Å². The van der Waals surface area contributed by atoms with E-state index in [0.29, 0.717) is 5.91 Å². The van der Waals surface area contributed by atoms with Crippen LogP contribution in [0.15, 0.2) is 30.3 Å². The van der Waals surface area contributed by atoms with Gasteiger partial charge in [0.05, 0.1) is 0 Å². The number of carboxylic acids is 1. The number of carboxylic acid groups (broad SMARTS) is 1. The molecule has 30 heavy (non-hydrogen) atoms. The summed E-state index contributed by atoms with van der Waals surface area (Å²) in [6, 6.07) is 8.01. The maximum atomic E-state index is 12.6. The molecular weight excluding hydrogens is 386 g/mol. The quantitative estimate of drug-likeness (QED) is 0.332. The lowest BCUT2D eigenvalue weighted by atomic mass is 9.88. The largest absolute Gasteiger partial charge is 0.481 e. The fourth-order valence-electron chi connectivity index (χ4n) is 3.82. The summed E-state index contributed by atoms with van der Waals surface area (Å²) in [4.78, 5) is 34.7. The number of benzene rings is 1. The van der Waals surface area contributed by atoms with Crippen molar-refractivity contribution in [1.82, 2.24) is 10.4 Å². The van der Waals surface area contributed by atoms with E-state index in [4.69, 9.17) is 15.1 Å². The number of hydroxylamine groups is 1. The van der Waals surface area contributed by atoms with Gasteiger partial charge in [0.1, 0.15) is 0 Å². The first-order chi connectivity index (χ1) is 14.4. The molecule has 1 aliphatic carbocycles. The zero-order valence-electron chi connectivity index (χ0n) is 17.3. The van der Waals surface area contributed by atoms with Gasteiger partial charge < -0.3 is 15.3 Å². The summed E-state index contributed by atoms with van der Waals surface area (Å²) in [7, 11) is 0. The highest BCUT2D eigenvalue weighted by atomic mass is 16.5. The van der Waals surface area contributed by atoms with E-state index in [1.807, 2.05) is 29.2 Å². The van der Waals surface area contributed by atoms with Crippen molar-refractivity contribution in [3.05, 3.63) is 35.9 Å². The first-order valence-corrected chi connectivity index (χ1v) is 10.4. The van der Waals surface area contributed by atoms with E-state index in [-0.39, 0.29) is 12.0 Å². The Bertz CT molecular complexity index is 738. The average Bonchev–Trinajstić information content (AvgIpc) is 3.21. The molecule has 0 bridgehead atoms. The normalized spacial score (nSPS) is 19.1. The standard InChI is InChI=1S/C20H27N3O3.C2H4O2/c24-19(22-26)11-8-15-6-9-17(10-7-15)21-18-12-13-23(14-18)20(25)16-4-2-1-3-5-16;1-2(3)4/h6-11,16,18,21,26H,1-5,12-14H2,(H,22,24);1H3,(H,3,4)/b11-8+;/t18-;/m1./s1. The second-order valence-corrected chi connectivity index (χ2v) is 7.70. The third kappa shape index (κ3) is 7.87. The van der Waals surface area contributed by atoms with Crippen LogP contribution < -0.4 is 10.8 Å². The first kappa shape index (κ1) is 23.4. The van der Waals surface area contributed by atoms with Crippen LogP contribution in [0, 0.1) is 5.92 Å². The molecule has 8 heteroatoms. The van der Waals surface area contributed by atoms with Crippen LogP contribution in [0.4, 0.5) is 5.69 Å². The summed E-state index contributed by atoms with van der Waals surface area (Å²) in [6.45, 7) is 2.69. The molecule has 2 aliphatic rings. The summed E-state index contributed by atoms with van der Waals surface area (Å²) >= 11 is 0. The summed E-state index contributed by atoms with van der Waals surface area (Å²) in [5, 5.41) is 19.4. The number of likely N-dealkylation sites (tertiary alicyclic amines) is 1. The van der Waals surface area contributed by atoms with Crippen molar-refractivity contribution in [1.29, 1.82) is 0 Å². The summed E-state index contributed by atoms with van der Waals surface area (Å²) in [5.41, 5.74) is 3.44. The molecule has 4 N–H and O–H groups in total. The molecule has 8 nitrogen and oxygen atoms in total. The molecule has 2 amide bonds. The van der Waals surface area contributed by atoms with Crippen molar-refractivity contribution in [3.63, 3.8) is 0 Å². The van der Waals surface area contributed by atoms with Crippen LogP contribution in [-0.4, -0.2) is 52.1 Å². The van der Waals surface area contributed by atoms with Crippen LogP contribution in [0.3, 0.4) is 0 Å². The summed E-state index contributed by atoms with van der Waals surface area (Å²) < 4.78 is 0. The number of aliphatic carboxylic acids is 1. The molecule has 0 spiro atoms. The second kappa shape index (κ2) is 12.0. The fraction of sp³-hybridized carbons (Fsp3) is 0.500. The van der Waals surface area contributed by atoms with Gasteiger partial charge in [-0.3, -0.25) is 19.6 Å². The van der Waals surface area contributed by atoms with Crippen molar-refractivity contribution in [2.75, 3.05) is 18.4 Å². The number of carbonyl (C=O) groups excluding carboxylic acids is 2. The van der Waals surface area contributed by atoms with Gasteiger partial charge in [-0.15, -0.1) is 0 Å². The highest BCUT2D eigenvalue weighted by Gasteiger charge is 2.31. The van der Waals surface area contributed by atoms with Gasteiger partial charge in [-0.25, -0.2) is 5.48 Å². The van der Waals surface area contributed by atoms with Gasteiger partial charge in [-0.05, 0) is 43.0 Å². The van der Waals surface area contributed by atoms with Crippen molar-refractivity contribution >= 4 is 29.5 Å². The highest BCUT2D eigenvalue weighted by molar-refractivity contribution is 5.90. The van der Waals surface area contributed by atoms with Gasteiger partial charge in [0, 0.05) is 43.7 Å². The van der Waals surface area contributed by atoms with Crippen LogP contribution in [0.2, 0.25) is 0 Å². The Hall–Kier alpha value is -2.87. The van der Waals surface area contributed by atoms with Gasteiger partial charge in [-0.2, -0.15) is 0 Å². The van der Waals surface area contributed by atoms with Crippen molar-refractivity contribution in [2.45, 2.75) is 51.5 Å². The monoisotopic (exact) mass is 417 g/mol. The topological polar surface area (TPSA) is 119 Å². The lowest BCUT2D eigenvalue weighted by Crippen LogP contribution is -2.36. The minimum atomic E-state index is -0.833. The SMILES string of the molecule is CC(=O)O.O=C(/C=C/c1ccc(N[C@@H]2CCN(C(=O)C3CCCCC3)C2)cc1)NO.